The first-order valence-corrected chi connectivity index (χ1v) is 8.17. The SMILES string of the molecule is CC1=C(C(=O)O)C(c2ccc(F)cc2)C([N+](=O)[O-])=C(c2cccs2)N1. The Morgan fingerprint density at radius 2 is 2.00 bits per heavy atom. The Bertz CT molecular complexity index is 901. The minimum Gasteiger partial charge on any atom is -0.478 e. The Hall–Kier alpha value is -3.00. The van der Waals surface area contributed by atoms with Crippen LogP contribution in [-0.4, -0.2) is 16.0 Å². The second kappa shape index (κ2) is 6.48. The highest BCUT2D eigenvalue weighted by Crippen LogP contribution is 2.41. The lowest BCUT2D eigenvalue weighted by atomic mass is 9.83. The average Bonchev–Trinajstić information content (AvgIpc) is 3.08. The van der Waals surface area contributed by atoms with Gasteiger partial charge in [0.15, 0.2) is 0 Å². The van der Waals surface area contributed by atoms with Crippen molar-refractivity contribution >= 4 is 23.0 Å². The van der Waals surface area contributed by atoms with Crippen LogP contribution in [0.4, 0.5) is 4.39 Å². The highest BCUT2D eigenvalue weighted by atomic mass is 32.1. The second-order valence-electron chi connectivity index (χ2n) is 5.45. The number of carbonyl (C=O) groups is 1. The van der Waals surface area contributed by atoms with Gasteiger partial charge in [-0.15, -0.1) is 11.3 Å². The average molecular weight is 360 g/mol. The van der Waals surface area contributed by atoms with E-state index in [9.17, 15) is 24.4 Å². The predicted octanol–water partition coefficient (Wildman–Crippen LogP) is 3.58. The summed E-state index contributed by atoms with van der Waals surface area (Å²) < 4.78 is 13.3. The molecule has 1 unspecified atom stereocenters. The molecule has 0 fully saturated rings. The fourth-order valence-corrected chi connectivity index (χ4v) is 3.62. The maximum absolute atomic E-state index is 13.3. The van der Waals surface area contributed by atoms with Crippen molar-refractivity contribution in [2.75, 3.05) is 0 Å². The van der Waals surface area contributed by atoms with Crippen LogP contribution in [0, 0.1) is 15.9 Å². The maximum Gasteiger partial charge on any atom is 0.334 e. The molecule has 0 saturated heterocycles. The van der Waals surface area contributed by atoms with Gasteiger partial charge in [-0.25, -0.2) is 9.18 Å². The van der Waals surface area contributed by atoms with Crippen molar-refractivity contribution in [3.8, 4) is 0 Å². The lowest BCUT2D eigenvalue weighted by Gasteiger charge is -2.26. The molecule has 2 N–H and O–H groups in total. The second-order valence-corrected chi connectivity index (χ2v) is 6.40. The van der Waals surface area contributed by atoms with Crippen LogP contribution in [0.1, 0.15) is 23.3 Å². The highest BCUT2D eigenvalue weighted by Gasteiger charge is 2.42. The van der Waals surface area contributed by atoms with E-state index in [-0.39, 0.29) is 17.0 Å². The molecule has 0 aliphatic carbocycles. The summed E-state index contributed by atoms with van der Waals surface area (Å²) in [6.07, 6.45) is 0. The third-order valence-electron chi connectivity index (χ3n) is 3.93. The summed E-state index contributed by atoms with van der Waals surface area (Å²) in [5.74, 6) is -2.87. The maximum atomic E-state index is 13.3. The number of benzene rings is 1. The van der Waals surface area contributed by atoms with E-state index in [1.807, 2.05) is 0 Å². The van der Waals surface area contributed by atoms with Crippen molar-refractivity contribution in [3.05, 3.63) is 85.1 Å². The van der Waals surface area contributed by atoms with E-state index in [2.05, 4.69) is 5.32 Å². The van der Waals surface area contributed by atoms with Gasteiger partial charge in [0.05, 0.1) is 15.4 Å². The van der Waals surface area contributed by atoms with Crippen molar-refractivity contribution in [1.82, 2.24) is 5.32 Å². The normalized spacial score (nSPS) is 17.4. The molecule has 0 radical (unpaired) electrons. The van der Waals surface area contributed by atoms with Gasteiger partial charge < -0.3 is 10.4 Å². The Morgan fingerprint density at radius 3 is 2.52 bits per heavy atom. The fourth-order valence-electron chi connectivity index (χ4n) is 2.89. The molecule has 128 valence electrons. The standard InChI is InChI=1S/C17H13FN2O4S/c1-9-13(17(21)22)14(10-4-6-11(18)7-5-10)16(20(23)24)15(19-9)12-3-2-8-25-12/h2-8,14,19H,1H3,(H,21,22). The number of halogens is 1. The number of thiophene rings is 1. The van der Waals surface area contributed by atoms with E-state index in [0.29, 0.717) is 16.1 Å². The van der Waals surface area contributed by atoms with Crippen molar-refractivity contribution in [2.45, 2.75) is 12.8 Å². The van der Waals surface area contributed by atoms with Crippen molar-refractivity contribution in [3.63, 3.8) is 0 Å². The number of aliphatic carboxylic acids is 1. The van der Waals surface area contributed by atoms with Gasteiger partial charge in [0.25, 0.3) is 5.70 Å². The van der Waals surface area contributed by atoms with Gasteiger partial charge in [-0.05, 0) is 36.1 Å². The highest BCUT2D eigenvalue weighted by molar-refractivity contribution is 7.11. The Balaban J connectivity index is 2.28. The molecule has 0 bridgehead atoms. The summed E-state index contributed by atoms with van der Waals surface area (Å²) in [6, 6.07) is 8.54. The molecule has 6 nitrogen and oxygen atoms in total. The number of carboxylic acids is 1. The van der Waals surface area contributed by atoms with Gasteiger partial charge >= 0.3 is 5.97 Å². The molecule has 0 saturated carbocycles. The van der Waals surface area contributed by atoms with E-state index in [0.717, 1.165) is 12.1 Å². The number of nitrogens with one attached hydrogen (secondary N) is 1. The van der Waals surface area contributed by atoms with Crippen LogP contribution < -0.4 is 5.32 Å². The molecule has 0 spiro atoms. The lowest BCUT2D eigenvalue weighted by molar-refractivity contribution is -0.428. The van der Waals surface area contributed by atoms with Crippen molar-refractivity contribution < 1.29 is 19.2 Å². The van der Waals surface area contributed by atoms with Crippen LogP contribution in [0.3, 0.4) is 0 Å². The lowest BCUT2D eigenvalue weighted by Crippen LogP contribution is -2.30. The van der Waals surface area contributed by atoms with E-state index in [4.69, 9.17) is 0 Å². The number of allylic oxidation sites excluding steroid dienone is 2. The summed E-state index contributed by atoms with van der Waals surface area (Å²) in [5.41, 5.74) is 0.531. The molecule has 25 heavy (non-hydrogen) atoms. The summed E-state index contributed by atoms with van der Waals surface area (Å²) in [7, 11) is 0. The fraction of sp³-hybridized carbons (Fsp3) is 0.118. The van der Waals surface area contributed by atoms with E-state index in [1.54, 1.807) is 24.4 Å². The number of carboxylic acid groups (broad SMARTS) is 1. The smallest absolute Gasteiger partial charge is 0.334 e. The van der Waals surface area contributed by atoms with Crippen molar-refractivity contribution in [2.24, 2.45) is 0 Å². The zero-order valence-corrected chi connectivity index (χ0v) is 13.8. The van der Waals surface area contributed by atoms with Crippen LogP contribution in [0.15, 0.2) is 58.7 Å². The minimum absolute atomic E-state index is 0.126. The molecule has 1 aromatic heterocycles. The number of dihydropyridines is 1. The van der Waals surface area contributed by atoms with Crippen LogP contribution in [0.5, 0.6) is 0 Å². The Kier molecular flexibility index (Phi) is 4.37. The zero-order valence-electron chi connectivity index (χ0n) is 13.0. The molecular weight excluding hydrogens is 347 g/mol. The molecular formula is C17H13FN2O4S. The quantitative estimate of drug-likeness (QED) is 0.642. The summed E-state index contributed by atoms with van der Waals surface area (Å²) in [5, 5.41) is 26.0. The molecule has 2 aromatic rings. The number of nitro groups is 1. The molecule has 1 aliphatic rings. The molecule has 1 aliphatic heterocycles. The Labute approximate surface area is 146 Å². The number of hydrogen-bond acceptors (Lipinski definition) is 5. The van der Waals surface area contributed by atoms with Crippen LogP contribution in [0.2, 0.25) is 0 Å². The molecule has 1 atom stereocenters. The Morgan fingerprint density at radius 1 is 1.32 bits per heavy atom. The predicted molar refractivity (Wildman–Crippen MR) is 90.8 cm³/mol. The topological polar surface area (TPSA) is 92.5 Å². The summed E-state index contributed by atoms with van der Waals surface area (Å²) in [6.45, 7) is 1.56. The zero-order chi connectivity index (χ0) is 18.1. The third-order valence-corrected chi connectivity index (χ3v) is 4.82. The van der Waals surface area contributed by atoms with E-state index < -0.39 is 22.6 Å². The summed E-state index contributed by atoms with van der Waals surface area (Å²) >= 11 is 1.31. The molecule has 8 heteroatoms. The first-order valence-electron chi connectivity index (χ1n) is 7.29. The number of hydrogen-bond donors (Lipinski definition) is 2. The monoisotopic (exact) mass is 360 g/mol. The molecule has 1 aromatic carbocycles. The van der Waals surface area contributed by atoms with Gasteiger partial charge in [-0.3, -0.25) is 10.1 Å². The van der Waals surface area contributed by atoms with Gasteiger partial charge in [0.1, 0.15) is 17.4 Å². The van der Waals surface area contributed by atoms with Crippen molar-refractivity contribution in [1.29, 1.82) is 0 Å². The largest absolute Gasteiger partial charge is 0.478 e. The molecule has 2 heterocycles. The van der Waals surface area contributed by atoms with E-state index >= 15 is 0 Å². The number of nitrogens with zero attached hydrogens (tertiary/aromatic N) is 1. The van der Waals surface area contributed by atoms with E-state index in [1.165, 1.54) is 23.5 Å². The van der Waals surface area contributed by atoms with Gasteiger partial charge in [0, 0.05) is 5.70 Å². The van der Waals surface area contributed by atoms with Gasteiger partial charge in [0.2, 0.25) is 0 Å². The van der Waals surface area contributed by atoms with Gasteiger partial charge in [-0.1, -0.05) is 18.2 Å². The summed E-state index contributed by atoms with van der Waals surface area (Å²) in [4.78, 5) is 23.6. The molecule has 3 rings (SSSR count). The van der Waals surface area contributed by atoms with Crippen LogP contribution in [0.25, 0.3) is 5.70 Å². The van der Waals surface area contributed by atoms with Crippen LogP contribution >= 0.6 is 11.3 Å². The first-order chi connectivity index (χ1) is 11.9. The number of rotatable bonds is 4. The minimum atomic E-state index is -1.26. The van der Waals surface area contributed by atoms with Gasteiger partial charge in [-0.2, -0.15) is 0 Å². The molecule has 0 amide bonds. The first kappa shape index (κ1) is 16.8. The van der Waals surface area contributed by atoms with Crippen LogP contribution in [-0.2, 0) is 4.79 Å². The third kappa shape index (κ3) is 3.03.